The topological polar surface area (TPSA) is 51.8 Å². The molecule has 2 aliphatic rings. The van der Waals surface area contributed by atoms with Crippen molar-refractivity contribution in [1.29, 1.82) is 0 Å². The van der Waals surface area contributed by atoms with Gasteiger partial charge in [-0.3, -0.25) is 9.30 Å². The minimum atomic E-state index is 0.220. The maximum absolute atomic E-state index is 6.87. The van der Waals surface area contributed by atoms with Gasteiger partial charge in [0.1, 0.15) is 16.7 Å². The van der Waals surface area contributed by atoms with Crippen LogP contribution in [-0.4, -0.2) is 14.0 Å². The lowest BCUT2D eigenvalue weighted by Crippen LogP contribution is -2.23. The van der Waals surface area contributed by atoms with Gasteiger partial charge in [0.25, 0.3) is 0 Å². The van der Waals surface area contributed by atoms with Gasteiger partial charge < -0.3 is 8.83 Å². The van der Waals surface area contributed by atoms with Gasteiger partial charge in [0, 0.05) is 33.6 Å². The molecule has 256 valence electrons. The number of aromatic nitrogens is 3. The highest BCUT2D eigenvalue weighted by Gasteiger charge is 2.36. The van der Waals surface area contributed by atoms with Crippen molar-refractivity contribution in [3.8, 4) is 16.8 Å². The summed E-state index contributed by atoms with van der Waals surface area (Å²) in [6, 6.07) is 51.1. The summed E-state index contributed by atoms with van der Waals surface area (Å²) in [7, 11) is 0. The summed E-state index contributed by atoms with van der Waals surface area (Å²) in [6.07, 6.45) is 4.12. The smallest absolute Gasteiger partial charge is 0.232 e. The standard InChI is InChI=1S/C48H32N4O2/c1-29-26-42-36(35-17-9-8-16-34(29)35)22-23-37-38-27-30(20-24-43(38)53-46(37)50(42)32-12-4-2-5-13-32)31-21-25-44-39(28-31)45-47(54-44)51(33-14-6-3-7-15-33)48-49-40-18-10-11-19-41(40)52(45)48/h2-21,24-28,36H,1,22-23H2. The summed E-state index contributed by atoms with van der Waals surface area (Å²) >= 11 is 0. The van der Waals surface area contributed by atoms with Crippen LogP contribution in [0.25, 0.3) is 72.4 Å². The second kappa shape index (κ2) is 11.0. The van der Waals surface area contributed by atoms with Crippen LogP contribution in [0.15, 0.2) is 173 Å². The fourth-order valence-corrected chi connectivity index (χ4v) is 9.02. The van der Waals surface area contributed by atoms with Gasteiger partial charge in [0.2, 0.25) is 17.4 Å². The summed E-state index contributed by atoms with van der Waals surface area (Å²) < 4.78 is 17.9. The molecule has 0 fully saturated rings. The van der Waals surface area contributed by atoms with E-state index in [9.17, 15) is 0 Å². The van der Waals surface area contributed by atoms with Gasteiger partial charge in [-0.1, -0.05) is 91.5 Å². The number of nitrogens with zero attached hydrogens (tertiary/aromatic N) is 4. The number of aryl methyl sites for hydroxylation is 1. The van der Waals surface area contributed by atoms with Crippen molar-refractivity contribution in [3.63, 3.8) is 0 Å². The summed E-state index contributed by atoms with van der Waals surface area (Å²) in [5, 5.41) is 2.19. The van der Waals surface area contributed by atoms with Gasteiger partial charge >= 0.3 is 0 Å². The van der Waals surface area contributed by atoms with Crippen LogP contribution in [-0.2, 0) is 6.42 Å². The Morgan fingerprint density at radius 3 is 2.17 bits per heavy atom. The summed E-state index contributed by atoms with van der Waals surface area (Å²) in [5.74, 6) is 1.94. The average molecular weight is 697 g/mol. The molecule has 0 bridgehead atoms. The van der Waals surface area contributed by atoms with Crippen molar-refractivity contribution in [3.05, 3.63) is 181 Å². The number of benzene rings is 6. The normalized spacial score (nSPS) is 15.6. The Hall–Kier alpha value is -7.05. The highest BCUT2D eigenvalue weighted by atomic mass is 16.4. The highest BCUT2D eigenvalue weighted by Crippen LogP contribution is 2.51. The second-order valence-corrected chi connectivity index (χ2v) is 14.4. The van der Waals surface area contributed by atoms with Gasteiger partial charge in [0.15, 0.2) is 0 Å². The molecular formula is C48H32N4O2. The molecule has 12 rings (SSSR count). The van der Waals surface area contributed by atoms with Crippen LogP contribution in [0.5, 0.6) is 0 Å². The van der Waals surface area contributed by atoms with E-state index in [4.69, 9.17) is 13.8 Å². The summed E-state index contributed by atoms with van der Waals surface area (Å²) in [5.41, 5.74) is 15.9. The molecule has 4 aromatic heterocycles. The number of para-hydroxylation sites is 4. The third-order valence-electron chi connectivity index (χ3n) is 11.5. The molecule has 1 aliphatic heterocycles. The minimum Gasteiger partial charge on any atom is -0.440 e. The first kappa shape index (κ1) is 29.5. The number of rotatable bonds is 3. The summed E-state index contributed by atoms with van der Waals surface area (Å²) in [6.45, 7) is 4.48. The van der Waals surface area contributed by atoms with Crippen molar-refractivity contribution < 1.29 is 8.83 Å². The van der Waals surface area contributed by atoms with Gasteiger partial charge in [-0.25, -0.2) is 9.55 Å². The molecule has 0 saturated carbocycles. The first-order valence-electron chi connectivity index (χ1n) is 18.5. The monoisotopic (exact) mass is 696 g/mol. The van der Waals surface area contributed by atoms with E-state index in [1.165, 1.54) is 22.4 Å². The van der Waals surface area contributed by atoms with Gasteiger partial charge in [-0.2, -0.15) is 0 Å². The van der Waals surface area contributed by atoms with Crippen molar-refractivity contribution in [2.45, 2.75) is 18.8 Å². The molecule has 1 aliphatic carbocycles. The van der Waals surface area contributed by atoms with E-state index in [-0.39, 0.29) is 5.92 Å². The van der Waals surface area contributed by atoms with E-state index in [2.05, 4.69) is 148 Å². The van der Waals surface area contributed by atoms with Gasteiger partial charge in [-0.05, 0) is 107 Å². The lowest BCUT2D eigenvalue weighted by Gasteiger charge is -2.33. The van der Waals surface area contributed by atoms with Crippen LogP contribution in [0, 0.1) is 0 Å². The minimum absolute atomic E-state index is 0.220. The maximum atomic E-state index is 6.87. The Morgan fingerprint density at radius 2 is 1.35 bits per heavy atom. The Labute approximate surface area is 310 Å². The second-order valence-electron chi connectivity index (χ2n) is 14.4. The number of allylic oxidation sites excluding steroid dienone is 3. The zero-order valence-electron chi connectivity index (χ0n) is 29.2. The van der Waals surface area contributed by atoms with Crippen molar-refractivity contribution in [2.24, 2.45) is 0 Å². The number of hydrogen-bond acceptors (Lipinski definition) is 4. The zero-order valence-corrected chi connectivity index (χ0v) is 29.2. The lowest BCUT2D eigenvalue weighted by molar-refractivity contribution is 0.611. The highest BCUT2D eigenvalue weighted by molar-refractivity contribution is 6.08. The van der Waals surface area contributed by atoms with E-state index in [0.29, 0.717) is 0 Å². The van der Waals surface area contributed by atoms with E-state index >= 15 is 0 Å². The van der Waals surface area contributed by atoms with E-state index in [0.717, 1.165) is 96.8 Å². The number of fused-ring (bicyclic) bond motifs is 13. The molecule has 6 nitrogen and oxygen atoms in total. The van der Waals surface area contributed by atoms with Crippen LogP contribution < -0.4 is 4.90 Å². The third-order valence-corrected chi connectivity index (χ3v) is 11.5. The molecule has 6 heteroatoms. The SMILES string of the molecule is C=C1C=C2C(CCc3c(oc4ccc(-c5ccc6oc7c(c6c5)n5c6ccccc6nc5n7-c5ccccc5)cc34)N2c2ccccc2)c2ccccc21. The largest absolute Gasteiger partial charge is 0.440 e. The molecule has 0 amide bonds. The van der Waals surface area contributed by atoms with Crippen LogP contribution in [0.2, 0.25) is 0 Å². The van der Waals surface area contributed by atoms with Crippen molar-refractivity contribution >= 4 is 67.1 Å². The summed E-state index contributed by atoms with van der Waals surface area (Å²) in [4.78, 5) is 7.41. The maximum Gasteiger partial charge on any atom is 0.232 e. The Bertz CT molecular complexity index is 3190. The molecule has 1 atom stereocenters. The van der Waals surface area contributed by atoms with E-state index in [1.807, 2.05) is 24.3 Å². The third kappa shape index (κ3) is 4.08. The predicted molar refractivity (Wildman–Crippen MR) is 218 cm³/mol. The molecule has 1 unspecified atom stereocenters. The molecule has 54 heavy (non-hydrogen) atoms. The molecule has 0 N–H and O–H groups in total. The number of imidazole rings is 2. The molecule has 0 saturated heterocycles. The van der Waals surface area contributed by atoms with E-state index < -0.39 is 0 Å². The molecular weight excluding hydrogens is 665 g/mol. The first-order chi connectivity index (χ1) is 26.7. The Kier molecular flexibility index (Phi) is 6.00. The number of hydrogen-bond donors (Lipinski definition) is 0. The number of anilines is 2. The number of furan rings is 2. The molecule has 5 heterocycles. The fourth-order valence-electron chi connectivity index (χ4n) is 9.02. The zero-order chi connectivity index (χ0) is 35.5. The van der Waals surface area contributed by atoms with E-state index in [1.54, 1.807) is 0 Å². The van der Waals surface area contributed by atoms with Gasteiger partial charge in [0.05, 0.1) is 16.7 Å². The molecule has 0 radical (unpaired) electrons. The van der Waals surface area contributed by atoms with Crippen LogP contribution >= 0.6 is 0 Å². The lowest BCUT2D eigenvalue weighted by atomic mass is 9.80. The van der Waals surface area contributed by atoms with Crippen LogP contribution in [0.1, 0.15) is 29.0 Å². The Morgan fingerprint density at radius 1 is 0.667 bits per heavy atom. The Balaban J connectivity index is 1.05. The molecule has 0 spiro atoms. The average Bonchev–Trinajstić information content (AvgIpc) is 3.93. The molecule has 10 aromatic rings. The predicted octanol–water partition coefficient (Wildman–Crippen LogP) is 12.4. The first-order valence-corrected chi connectivity index (χ1v) is 18.5. The van der Waals surface area contributed by atoms with Crippen LogP contribution in [0.3, 0.4) is 0 Å². The quantitative estimate of drug-likeness (QED) is 0.184. The van der Waals surface area contributed by atoms with Crippen molar-refractivity contribution in [1.82, 2.24) is 14.0 Å². The molecule has 6 aromatic carbocycles. The van der Waals surface area contributed by atoms with Crippen LogP contribution in [0.4, 0.5) is 11.6 Å². The fraction of sp³-hybridized carbons (Fsp3) is 0.0625. The van der Waals surface area contributed by atoms with Crippen molar-refractivity contribution in [2.75, 3.05) is 4.90 Å². The van der Waals surface area contributed by atoms with Gasteiger partial charge in [-0.15, -0.1) is 0 Å².